The Bertz CT molecular complexity index is 1240. The summed E-state index contributed by atoms with van der Waals surface area (Å²) in [5.41, 5.74) is 5.72. The summed E-state index contributed by atoms with van der Waals surface area (Å²) in [6, 6.07) is 19.1. The van der Waals surface area contributed by atoms with Crippen molar-refractivity contribution in [1.82, 2.24) is 0 Å². The number of anilines is 1. The van der Waals surface area contributed by atoms with Crippen molar-refractivity contribution in [2.24, 2.45) is 0 Å². The number of nitrogens with zero attached hydrogens (tertiary/aromatic N) is 1. The monoisotopic (exact) mass is 522 g/mol. The van der Waals surface area contributed by atoms with E-state index in [-0.39, 0.29) is 5.57 Å². The molecule has 6 heteroatoms. The Morgan fingerprint density at radius 1 is 1.15 bits per heavy atom. The van der Waals surface area contributed by atoms with Gasteiger partial charge in [0.25, 0.3) is 5.91 Å². The van der Waals surface area contributed by atoms with Crippen molar-refractivity contribution in [2.75, 3.05) is 11.9 Å². The molecule has 0 bridgehead atoms. The summed E-state index contributed by atoms with van der Waals surface area (Å²) in [4.78, 5) is 12.7. The third-order valence-electron chi connectivity index (χ3n) is 4.94. The predicted octanol–water partition coefficient (Wildman–Crippen LogP) is 7.25. The van der Waals surface area contributed by atoms with Crippen molar-refractivity contribution < 1.29 is 9.53 Å². The van der Waals surface area contributed by atoms with E-state index in [1.807, 2.05) is 25.1 Å². The number of carbonyl (C=O) groups is 1. The van der Waals surface area contributed by atoms with Gasteiger partial charge >= 0.3 is 0 Å². The summed E-state index contributed by atoms with van der Waals surface area (Å²) in [5.74, 6) is 0.181. The first-order valence-electron chi connectivity index (χ1n) is 10.5. The minimum absolute atomic E-state index is 0.0358. The summed E-state index contributed by atoms with van der Waals surface area (Å²) >= 11 is 9.78. The molecule has 0 aliphatic rings. The van der Waals surface area contributed by atoms with Crippen LogP contribution in [0.3, 0.4) is 0 Å². The SMILES string of the molecule is CCOc1cc(/C=C(\C#N)C(=O)Nc2ccccc2Cl)cc(Br)c1Cc1cc(C)cc(C)c1. The molecule has 1 amide bonds. The van der Waals surface area contributed by atoms with E-state index in [2.05, 4.69) is 53.3 Å². The molecule has 0 saturated carbocycles. The van der Waals surface area contributed by atoms with Gasteiger partial charge in [0.2, 0.25) is 0 Å². The van der Waals surface area contributed by atoms with Gasteiger partial charge in [-0.3, -0.25) is 4.79 Å². The fourth-order valence-corrected chi connectivity index (χ4v) is 4.40. The van der Waals surface area contributed by atoms with E-state index in [1.165, 1.54) is 16.7 Å². The molecule has 0 aliphatic carbocycles. The van der Waals surface area contributed by atoms with Gasteiger partial charge in [-0.2, -0.15) is 5.26 Å². The molecule has 0 unspecified atom stereocenters. The molecule has 33 heavy (non-hydrogen) atoms. The highest BCUT2D eigenvalue weighted by atomic mass is 79.9. The highest BCUT2D eigenvalue weighted by molar-refractivity contribution is 9.10. The summed E-state index contributed by atoms with van der Waals surface area (Å²) in [6.45, 7) is 6.59. The quantitative estimate of drug-likeness (QED) is 0.262. The van der Waals surface area contributed by atoms with Gasteiger partial charge in [-0.25, -0.2) is 0 Å². The van der Waals surface area contributed by atoms with Gasteiger partial charge in [0, 0.05) is 16.5 Å². The van der Waals surface area contributed by atoms with Crippen molar-refractivity contribution in [3.63, 3.8) is 0 Å². The van der Waals surface area contributed by atoms with Gasteiger partial charge in [0.05, 0.1) is 17.3 Å². The minimum Gasteiger partial charge on any atom is -0.494 e. The maximum Gasteiger partial charge on any atom is 0.266 e. The molecule has 3 aromatic rings. The number of halogens is 2. The molecule has 0 aliphatic heterocycles. The zero-order valence-corrected chi connectivity index (χ0v) is 21.0. The fourth-order valence-electron chi connectivity index (χ4n) is 3.61. The molecule has 0 fully saturated rings. The summed E-state index contributed by atoms with van der Waals surface area (Å²) in [5, 5.41) is 12.7. The van der Waals surface area contributed by atoms with Crippen LogP contribution in [0.25, 0.3) is 6.08 Å². The van der Waals surface area contributed by atoms with E-state index in [1.54, 1.807) is 30.3 Å². The number of nitriles is 1. The molecule has 3 aromatic carbocycles. The van der Waals surface area contributed by atoms with Crippen molar-refractivity contribution in [1.29, 1.82) is 5.26 Å². The lowest BCUT2D eigenvalue weighted by molar-refractivity contribution is -0.112. The van der Waals surface area contributed by atoms with Gasteiger partial charge < -0.3 is 10.1 Å². The number of aryl methyl sites for hydroxylation is 2. The van der Waals surface area contributed by atoms with Crippen LogP contribution in [-0.4, -0.2) is 12.5 Å². The third-order valence-corrected chi connectivity index (χ3v) is 5.97. The Hall–Kier alpha value is -3.07. The van der Waals surface area contributed by atoms with Crippen LogP contribution in [0, 0.1) is 25.2 Å². The number of ether oxygens (including phenoxy) is 1. The molecule has 0 heterocycles. The molecule has 0 spiro atoms. The Kier molecular flexibility index (Phi) is 8.32. The Morgan fingerprint density at radius 2 is 1.85 bits per heavy atom. The topological polar surface area (TPSA) is 62.1 Å². The predicted molar refractivity (Wildman–Crippen MR) is 138 cm³/mol. The molecule has 0 saturated heterocycles. The number of rotatable bonds is 7. The number of para-hydroxylation sites is 1. The molecular weight excluding hydrogens is 500 g/mol. The van der Waals surface area contributed by atoms with E-state index in [0.29, 0.717) is 35.1 Å². The van der Waals surface area contributed by atoms with E-state index in [4.69, 9.17) is 16.3 Å². The molecular formula is C27H24BrClN2O2. The normalized spacial score (nSPS) is 11.1. The van der Waals surface area contributed by atoms with Gasteiger partial charge in [-0.05, 0) is 62.2 Å². The number of nitrogens with one attached hydrogen (secondary N) is 1. The maximum atomic E-state index is 12.7. The van der Waals surface area contributed by atoms with Crippen LogP contribution in [-0.2, 0) is 11.2 Å². The van der Waals surface area contributed by atoms with Crippen molar-refractivity contribution in [3.8, 4) is 11.8 Å². The summed E-state index contributed by atoms with van der Waals surface area (Å²) in [6.07, 6.45) is 2.24. The second-order valence-electron chi connectivity index (χ2n) is 7.69. The van der Waals surface area contributed by atoms with Crippen molar-refractivity contribution in [3.05, 3.63) is 97.5 Å². The van der Waals surface area contributed by atoms with Crippen LogP contribution in [0.15, 0.2) is 64.6 Å². The van der Waals surface area contributed by atoms with Crippen LogP contribution in [0.5, 0.6) is 5.75 Å². The molecule has 3 rings (SSSR count). The molecule has 4 nitrogen and oxygen atoms in total. The average Bonchev–Trinajstić information content (AvgIpc) is 2.75. The zero-order valence-electron chi connectivity index (χ0n) is 18.7. The van der Waals surface area contributed by atoms with E-state index in [9.17, 15) is 10.1 Å². The lowest BCUT2D eigenvalue weighted by Gasteiger charge is -2.15. The highest BCUT2D eigenvalue weighted by Crippen LogP contribution is 2.33. The van der Waals surface area contributed by atoms with Crippen molar-refractivity contribution in [2.45, 2.75) is 27.2 Å². The molecule has 0 atom stereocenters. The first kappa shape index (κ1) is 24.6. The second-order valence-corrected chi connectivity index (χ2v) is 8.95. The van der Waals surface area contributed by atoms with Crippen molar-refractivity contribution >= 4 is 45.2 Å². The molecule has 1 N–H and O–H groups in total. The standard InChI is InChI=1S/C27H24BrClN2O2/c1-4-33-26-15-20(12-21(16-30)27(32)31-25-8-6-5-7-24(25)29)14-23(28)22(26)13-19-10-17(2)9-18(3)11-19/h5-12,14-15H,4,13H2,1-3H3,(H,31,32)/b21-12+. The third kappa shape index (κ3) is 6.47. The van der Waals surface area contributed by atoms with Gasteiger partial charge in [-0.15, -0.1) is 0 Å². The number of amides is 1. The average molecular weight is 524 g/mol. The Morgan fingerprint density at radius 3 is 2.48 bits per heavy atom. The fraction of sp³-hybridized carbons (Fsp3) is 0.185. The van der Waals surface area contributed by atoms with E-state index in [0.717, 1.165) is 10.0 Å². The lowest BCUT2D eigenvalue weighted by Crippen LogP contribution is -2.13. The van der Waals surface area contributed by atoms with Gasteiger partial charge in [-0.1, -0.05) is 69.0 Å². The molecule has 0 aromatic heterocycles. The first-order valence-corrected chi connectivity index (χ1v) is 11.7. The van der Waals surface area contributed by atoms with E-state index < -0.39 is 5.91 Å². The van der Waals surface area contributed by atoms with Crippen LogP contribution in [0.1, 0.15) is 34.7 Å². The molecule has 168 valence electrons. The summed E-state index contributed by atoms with van der Waals surface area (Å²) < 4.78 is 6.77. The van der Waals surface area contributed by atoms with Crippen LogP contribution in [0.4, 0.5) is 5.69 Å². The number of carbonyl (C=O) groups excluding carboxylic acids is 1. The largest absolute Gasteiger partial charge is 0.494 e. The zero-order chi connectivity index (χ0) is 24.0. The Balaban J connectivity index is 1.94. The second kappa shape index (κ2) is 11.2. The van der Waals surface area contributed by atoms with Gasteiger partial charge in [0.1, 0.15) is 17.4 Å². The summed E-state index contributed by atoms with van der Waals surface area (Å²) in [7, 11) is 0. The van der Waals surface area contributed by atoms with Crippen LogP contribution in [0.2, 0.25) is 5.02 Å². The highest BCUT2D eigenvalue weighted by Gasteiger charge is 2.15. The van der Waals surface area contributed by atoms with Crippen LogP contribution < -0.4 is 10.1 Å². The smallest absolute Gasteiger partial charge is 0.266 e. The number of hydrogen-bond donors (Lipinski definition) is 1. The number of hydrogen-bond acceptors (Lipinski definition) is 3. The van der Waals surface area contributed by atoms with E-state index >= 15 is 0 Å². The lowest BCUT2D eigenvalue weighted by atomic mass is 9.98. The minimum atomic E-state index is -0.529. The maximum absolute atomic E-state index is 12.7. The number of benzene rings is 3. The Labute approximate surface area is 208 Å². The first-order chi connectivity index (χ1) is 15.8. The molecule has 0 radical (unpaired) electrons. The van der Waals surface area contributed by atoms with Gasteiger partial charge in [0.15, 0.2) is 0 Å². The van der Waals surface area contributed by atoms with Crippen LogP contribution >= 0.6 is 27.5 Å².